The monoisotopic (exact) mass is 357 g/mol. The number of benzene rings is 1. The summed E-state index contributed by atoms with van der Waals surface area (Å²) in [6, 6.07) is 8.32. The number of aliphatic imine (C=N–C) groups is 1. The molecular weight excluding hydrogens is 329 g/mol. The molecule has 2 aromatic rings. The fraction of sp³-hybridized carbons (Fsp3) is 0.500. The van der Waals surface area contributed by atoms with Crippen LogP contribution in [-0.2, 0) is 6.42 Å². The van der Waals surface area contributed by atoms with E-state index in [1.54, 1.807) is 23.9 Å². The molecule has 1 heterocycles. The molecular formula is C20H28FN5. The van der Waals surface area contributed by atoms with Crippen molar-refractivity contribution in [2.45, 2.75) is 39.0 Å². The Hall–Kier alpha value is -2.37. The van der Waals surface area contributed by atoms with Gasteiger partial charge in [-0.05, 0) is 55.0 Å². The molecule has 3 rings (SSSR count). The minimum Gasteiger partial charge on any atom is -0.356 e. The Morgan fingerprint density at radius 1 is 1.23 bits per heavy atom. The molecule has 1 fully saturated rings. The fourth-order valence-electron chi connectivity index (χ4n) is 3.37. The summed E-state index contributed by atoms with van der Waals surface area (Å²) in [4.78, 5) is 4.31. The third kappa shape index (κ3) is 4.42. The van der Waals surface area contributed by atoms with E-state index in [1.165, 1.54) is 37.8 Å². The van der Waals surface area contributed by atoms with Gasteiger partial charge in [0, 0.05) is 32.8 Å². The van der Waals surface area contributed by atoms with Gasteiger partial charge in [0.1, 0.15) is 5.82 Å². The number of nitrogens with one attached hydrogen (secondary N) is 2. The molecule has 2 N–H and O–H groups in total. The van der Waals surface area contributed by atoms with Crippen molar-refractivity contribution in [2.75, 3.05) is 20.1 Å². The summed E-state index contributed by atoms with van der Waals surface area (Å²) in [6.07, 6.45) is 7.89. The highest BCUT2D eigenvalue weighted by Crippen LogP contribution is 2.42. The number of guanidine groups is 1. The first-order chi connectivity index (χ1) is 12.6. The number of hydrogen-bond acceptors (Lipinski definition) is 2. The molecule has 0 radical (unpaired) electrons. The van der Waals surface area contributed by atoms with Gasteiger partial charge in [-0.3, -0.25) is 4.99 Å². The third-order valence-corrected chi connectivity index (χ3v) is 5.43. The first kappa shape index (κ1) is 18.4. The maximum absolute atomic E-state index is 13.0. The average Bonchev–Trinajstić information content (AvgIpc) is 3.09. The number of aromatic nitrogens is 2. The van der Waals surface area contributed by atoms with Crippen LogP contribution in [0, 0.1) is 11.2 Å². The van der Waals surface area contributed by atoms with E-state index in [0.29, 0.717) is 5.41 Å². The lowest BCUT2D eigenvalue weighted by molar-refractivity contribution is 0.131. The highest BCUT2D eigenvalue weighted by atomic mass is 19.1. The predicted octanol–water partition coefficient (Wildman–Crippen LogP) is 3.30. The largest absolute Gasteiger partial charge is 0.356 e. The summed E-state index contributed by atoms with van der Waals surface area (Å²) in [5, 5.41) is 11.4. The molecule has 1 saturated carbocycles. The maximum atomic E-state index is 13.0. The van der Waals surface area contributed by atoms with Gasteiger partial charge >= 0.3 is 0 Å². The Kier molecular flexibility index (Phi) is 5.91. The Labute approximate surface area is 154 Å². The van der Waals surface area contributed by atoms with Crippen molar-refractivity contribution in [3.63, 3.8) is 0 Å². The second kappa shape index (κ2) is 8.34. The Morgan fingerprint density at radius 2 is 2.00 bits per heavy atom. The van der Waals surface area contributed by atoms with Gasteiger partial charge in [-0.1, -0.05) is 13.3 Å². The van der Waals surface area contributed by atoms with Crippen LogP contribution in [-0.4, -0.2) is 35.9 Å². The smallest absolute Gasteiger partial charge is 0.191 e. The zero-order valence-corrected chi connectivity index (χ0v) is 15.6. The standard InChI is InChI=1S/C20H28FN5/c1-3-20(11-4-12-20)15-24-19(22-2)23-13-9-17-10-14-26(25-17)18-7-5-16(21)6-8-18/h5-8,10,14H,3-4,9,11-13,15H2,1-2H3,(H2,22,23,24). The van der Waals surface area contributed by atoms with Crippen molar-refractivity contribution < 1.29 is 4.39 Å². The zero-order chi connectivity index (χ0) is 18.4. The SMILES string of the molecule is CCC1(CNC(=NC)NCCc2ccn(-c3ccc(F)cc3)n2)CCC1. The molecule has 1 aliphatic carbocycles. The third-order valence-electron chi connectivity index (χ3n) is 5.43. The van der Waals surface area contributed by atoms with E-state index in [2.05, 4.69) is 27.6 Å². The van der Waals surface area contributed by atoms with Crippen LogP contribution in [0.15, 0.2) is 41.5 Å². The van der Waals surface area contributed by atoms with Gasteiger partial charge in [0.05, 0.1) is 11.4 Å². The van der Waals surface area contributed by atoms with E-state index in [0.717, 1.165) is 36.9 Å². The highest BCUT2D eigenvalue weighted by molar-refractivity contribution is 5.79. The summed E-state index contributed by atoms with van der Waals surface area (Å²) in [5.74, 6) is 0.610. The number of halogens is 1. The van der Waals surface area contributed by atoms with E-state index in [-0.39, 0.29) is 5.82 Å². The van der Waals surface area contributed by atoms with Crippen LogP contribution < -0.4 is 10.6 Å². The molecule has 0 atom stereocenters. The van der Waals surface area contributed by atoms with Crippen LogP contribution in [0.3, 0.4) is 0 Å². The van der Waals surface area contributed by atoms with Crippen molar-refractivity contribution >= 4 is 5.96 Å². The first-order valence-corrected chi connectivity index (χ1v) is 9.39. The molecule has 6 heteroatoms. The predicted molar refractivity (Wildman–Crippen MR) is 103 cm³/mol. The lowest BCUT2D eigenvalue weighted by Gasteiger charge is -2.41. The van der Waals surface area contributed by atoms with Gasteiger partial charge in [-0.2, -0.15) is 5.10 Å². The second-order valence-electron chi connectivity index (χ2n) is 7.04. The summed E-state index contributed by atoms with van der Waals surface area (Å²) in [6.45, 7) is 4.02. The molecule has 5 nitrogen and oxygen atoms in total. The summed E-state index contributed by atoms with van der Waals surface area (Å²) in [7, 11) is 1.80. The second-order valence-corrected chi connectivity index (χ2v) is 7.04. The van der Waals surface area contributed by atoms with Crippen molar-refractivity contribution in [3.8, 4) is 5.69 Å². The van der Waals surface area contributed by atoms with Gasteiger partial charge < -0.3 is 10.6 Å². The van der Waals surface area contributed by atoms with E-state index in [9.17, 15) is 4.39 Å². The van der Waals surface area contributed by atoms with Gasteiger partial charge in [-0.15, -0.1) is 0 Å². The van der Waals surface area contributed by atoms with E-state index in [1.807, 2.05) is 12.3 Å². The Bertz CT molecular complexity index is 725. The highest BCUT2D eigenvalue weighted by Gasteiger charge is 2.34. The Morgan fingerprint density at radius 3 is 2.62 bits per heavy atom. The van der Waals surface area contributed by atoms with E-state index in [4.69, 9.17) is 0 Å². The van der Waals surface area contributed by atoms with Crippen molar-refractivity contribution in [1.29, 1.82) is 0 Å². The van der Waals surface area contributed by atoms with E-state index >= 15 is 0 Å². The lowest BCUT2D eigenvalue weighted by atomic mass is 9.67. The molecule has 0 saturated heterocycles. The number of hydrogen-bond donors (Lipinski definition) is 2. The first-order valence-electron chi connectivity index (χ1n) is 9.39. The molecule has 0 amide bonds. The topological polar surface area (TPSA) is 54.2 Å². The van der Waals surface area contributed by atoms with Crippen LogP contribution in [0.4, 0.5) is 4.39 Å². The van der Waals surface area contributed by atoms with Crippen LogP contribution in [0.5, 0.6) is 0 Å². The van der Waals surface area contributed by atoms with E-state index < -0.39 is 0 Å². The van der Waals surface area contributed by atoms with Crippen LogP contribution >= 0.6 is 0 Å². The lowest BCUT2D eigenvalue weighted by Crippen LogP contribution is -2.46. The average molecular weight is 357 g/mol. The van der Waals surface area contributed by atoms with Gasteiger partial charge in [-0.25, -0.2) is 9.07 Å². The van der Waals surface area contributed by atoms with Gasteiger partial charge in [0.15, 0.2) is 5.96 Å². The molecule has 1 aromatic heterocycles. The summed E-state index contributed by atoms with van der Waals surface area (Å²) in [5.41, 5.74) is 2.31. The number of rotatable bonds is 7. The number of nitrogens with zero attached hydrogens (tertiary/aromatic N) is 3. The molecule has 0 aliphatic heterocycles. The molecule has 1 aliphatic rings. The van der Waals surface area contributed by atoms with Crippen molar-refractivity contribution in [3.05, 3.63) is 48.0 Å². The van der Waals surface area contributed by atoms with Crippen LogP contribution in [0.25, 0.3) is 5.69 Å². The maximum Gasteiger partial charge on any atom is 0.191 e. The van der Waals surface area contributed by atoms with Gasteiger partial charge in [0.25, 0.3) is 0 Å². The molecule has 0 spiro atoms. The van der Waals surface area contributed by atoms with Crippen molar-refractivity contribution in [1.82, 2.24) is 20.4 Å². The molecule has 26 heavy (non-hydrogen) atoms. The quantitative estimate of drug-likeness (QED) is 0.590. The summed E-state index contributed by atoms with van der Waals surface area (Å²) >= 11 is 0. The fourth-order valence-corrected chi connectivity index (χ4v) is 3.37. The molecule has 140 valence electrons. The Balaban J connectivity index is 1.46. The minimum absolute atomic E-state index is 0.240. The van der Waals surface area contributed by atoms with Crippen LogP contribution in [0.2, 0.25) is 0 Å². The molecule has 1 aromatic carbocycles. The zero-order valence-electron chi connectivity index (χ0n) is 15.6. The minimum atomic E-state index is -0.240. The van der Waals surface area contributed by atoms with Gasteiger partial charge in [0.2, 0.25) is 0 Å². The van der Waals surface area contributed by atoms with Crippen molar-refractivity contribution in [2.24, 2.45) is 10.4 Å². The molecule has 0 unspecified atom stereocenters. The van der Waals surface area contributed by atoms with Crippen LogP contribution in [0.1, 0.15) is 38.3 Å². The molecule has 0 bridgehead atoms. The summed E-state index contributed by atoms with van der Waals surface area (Å²) < 4.78 is 14.8. The normalized spacial score (nSPS) is 16.2.